The molecule has 0 radical (unpaired) electrons. The molecule has 3 aromatic carbocycles. The van der Waals surface area contributed by atoms with E-state index in [9.17, 15) is 28.1 Å². The zero-order valence-corrected chi connectivity index (χ0v) is 23.7. The number of benzene rings is 3. The molecule has 2 amide bonds. The second-order valence-corrected chi connectivity index (χ2v) is 12.2. The number of nitro benzene ring substituents is 1. The Morgan fingerprint density at radius 3 is 2.15 bits per heavy atom. The Labute approximate surface area is 240 Å². The summed E-state index contributed by atoms with van der Waals surface area (Å²) in [6.45, 7) is -0.559. The molecule has 0 heterocycles. The maximum absolute atomic E-state index is 14.1. The molecule has 0 unspecified atom stereocenters. The molecule has 1 atom stereocenters. The summed E-state index contributed by atoms with van der Waals surface area (Å²) < 4.78 is 26.6. The van der Waals surface area contributed by atoms with Crippen LogP contribution in [0.15, 0.2) is 84.9 Å². The topological polar surface area (TPSA) is 130 Å². The minimum absolute atomic E-state index is 0.00951. The average Bonchev–Trinajstić information content (AvgIpc) is 3.47. The first-order valence-electron chi connectivity index (χ1n) is 13.5. The Morgan fingerprint density at radius 1 is 0.951 bits per heavy atom. The number of anilines is 1. The lowest BCUT2D eigenvalue weighted by atomic mass is 10.0. The summed E-state index contributed by atoms with van der Waals surface area (Å²) in [5.41, 5.74) is 1.31. The van der Waals surface area contributed by atoms with Crippen LogP contribution in [0.25, 0.3) is 0 Å². The molecule has 41 heavy (non-hydrogen) atoms. The van der Waals surface area contributed by atoms with Crippen molar-refractivity contribution >= 4 is 33.2 Å². The highest BCUT2D eigenvalue weighted by Gasteiger charge is 2.34. The fourth-order valence-electron chi connectivity index (χ4n) is 5.08. The minimum atomic E-state index is -4.02. The molecule has 1 aliphatic rings. The number of sulfonamides is 1. The van der Waals surface area contributed by atoms with Crippen LogP contribution in [0.1, 0.15) is 36.8 Å². The van der Waals surface area contributed by atoms with Gasteiger partial charge in [0.1, 0.15) is 12.6 Å². The molecule has 10 nitrogen and oxygen atoms in total. The summed E-state index contributed by atoms with van der Waals surface area (Å²) in [4.78, 5) is 40.0. The molecule has 11 heteroatoms. The van der Waals surface area contributed by atoms with Crippen LogP contribution in [0.2, 0.25) is 0 Å². The first-order valence-corrected chi connectivity index (χ1v) is 15.4. The summed E-state index contributed by atoms with van der Waals surface area (Å²) >= 11 is 0. The third-order valence-corrected chi connectivity index (χ3v) is 8.32. The van der Waals surface area contributed by atoms with E-state index in [0.29, 0.717) is 0 Å². The Balaban J connectivity index is 1.72. The smallest absolute Gasteiger partial charge is 0.271 e. The van der Waals surface area contributed by atoms with Gasteiger partial charge < -0.3 is 10.2 Å². The number of carbonyl (C=O) groups is 2. The van der Waals surface area contributed by atoms with Crippen molar-refractivity contribution in [3.8, 4) is 0 Å². The van der Waals surface area contributed by atoms with E-state index in [1.54, 1.807) is 0 Å². The van der Waals surface area contributed by atoms with E-state index in [1.165, 1.54) is 23.1 Å². The predicted molar refractivity (Wildman–Crippen MR) is 157 cm³/mol. The summed E-state index contributed by atoms with van der Waals surface area (Å²) in [7, 11) is -4.02. The van der Waals surface area contributed by atoms with E-state index in [1.807, 2.05) is 60.7 Å². The number of hydrogen-bond acceptors (Lipinski definition) is 6. The van der Waals surface area contributed by atoms with Crippen molar-refractivity contribution in [2.45, 2.75) is 50.7 Å². The lowest BCUT2D eigenvalue weighted by Crippen LogP contribution is -2.54. The largest absolute Gasteiger partial charge is 0.352 e. The molecule has 0 aromatic heterocycles. The van der Waals surface area contributed by atoms with Gasteiger partial charge in [-0.3, -0.25) is 24.0 Å². The Bertz CT molecular complexity index is 1460. The Hall–Kier alpha value is -4.25. The molecule has 0 spiro atoms. The van der Waals surface area contributed by atoms with Crippen molar-refractivity contribution in [2.75, 3.05) is 17.1 Å². The van der Waals surface area contributed by atoms with Crippen molar-refractivity contribution in [3.63, 3.8) is 0 Å². The molecule has 0 aliphatic heterocycles. The molecule has 1 saturated carbocycles. The number of amides is 2. The van der Waals surface area contributed by atoms with E-state index >= 15 is 0 Å². The molecule has 1 N–H and O–H groups in total. The summed E-state index contributed by atoms with van der Waals surface area (Å²) in [6.07, 6.45) is 4.94. The Morgan fingerprint density at radius 2 is 1.56 bits per heavy atom. The van der Waals surface area contributed by atoms with Gasteiger partial charge in [0.2, 0.25) is 21.8 Å². The fourth-order valence-corrected chi connectivity index (χ4v) is 5.92. The van der Waals surface area contributed by atoms with Crippen LogP contribution >= 0.6 is 0 Å². The van der Waals surface area contributed by atoms with Gasteiger partial charge in [-0.15, -0.1) is 0 Å². The van der Waals surface area contributed by atoms with Crippen molar-refractivity contribution in [2.24, 2.45) is 0 Å². The maximum atomic E-state index is 14.1. The van der Waals surface area contributed by atoms with Gasteiger partial charge in [0.25, 0.3) is 5.69 Å². The molecule has 1 aliphatic carbocycles. The SMILES string of the molecule is CS(=O)(=O)N(CC(=O)N(Cc1ccccc1)[C@H](Cc1ccccc1)C(=O)NC1CCCC1)c1cccc([N+](=O)[O-])c1. The van der Waals surface area contributed by atoms with E-state index in [2.05, 4.69) is 5.32 Å². The van der Waals surface area contributed by atoms with Crippen molar-refractivity contribution < 1.29 is 22.9 Å². The third-order valence-electron chi connectivity index (χ3n) is 7.18. The first-order chi connectivity index (χ1) is 19.6. The second kappa shape index (κ2) is 13.4. The molecule has 3 aromatic rings. The van der Waals surface area contributed by atoms with E-state index in [0.717, 1.165) is 53.4 Å². The normalized spacial score (nSPS) is 14.3. The van der Waals surface area contributed by atoms with E-state index in [4.69, 9.17) is 0 Å². The molecule has 0 bridgehead atoms. The summed E-state index contributed by atoms with van der Waals surface area (Å²) in [5, 5.41) is 14.5. The predicted octanol–water partition coefficient (Wildman–Crippen LogP) is 4.06. The molecular formula is C30H34N4O6S. The highest BCUT2D eigenvalue weighted by atomic mass is 32.2. The third kappa shape index (κ3) is 8.14. The van der Waals surface area contributed by atoms with Crippen LogP contribution in [-0.2, 0) is 32.6 Å². The van der Waals surface area contributed by atoms with Crippen LogP contribution in [0, 0.1) is 10.1 Å². The summed E-state index contributed by atoms with van der Waals surface area (Å²) in [5.74, 6) is -0.903. The van der Waals surface area contributed by atoms with Gasteiger partial charge >= 0.3 is 0 Å². The van der Waals surface area contributed by atoms with Gasteiger partial charge in [-0.2, -0.15) is 0 Å². The minimum Gasteiger partial charge on any atom is -0.352 e. The van der Waals surface area contributed by atoms with Crippen LogP contribution in [0.3, 0.4) is 0 Å². The van der Waals surface area contributed by atoms with Gasteiger partial charge in [0, 0.05) is 31.1 Å². The number of hydrogen-bond donors (Lipinski definition) is 1. The first kappa shape index (κ1) is 29.7. The van der Waals surface area contributed by atoms with E-state index < -0.39 is 33.4 Å². The lowest BCUT2D eigenvalue weighted by molar-refractivity contribution is -0.384. The lowest BCUT2D eigenvalue weighted by Gasteiger charge is -2.34. The van der Waals surface area contributed by atoms with Gasteiger partial charge in [-0.25, -0.2) is 8.42 Å². The molecule has 4 rings (SSSR count). The van der Waals surface area contributed by atoms with Gasteiger partial charge in [-0.05, 0) is 30.0 Å². The number of nitrogens with zero attached hydrogens (tertiary/aromatic N) is 3. The highest BCUT2D eigenvalue weighted by Crippen LogP contribution is 2.25. The highest BCUT2D eigenvalue weighted by molar-refractivity contribution is 7.92. The average molecular weight is 579 g/mol. The monoisotopic (exact) mass is 578 g/mol. The van der Waals surface area contributed by atoms with Crippen molar-refractivity contribution in [1.29, 1.82) is 0 Å². The number of carbonyl (C=O) groups excluding carboxylic acids is 2. The van der Waals surface area contributed by atoms with E-state index in [-0.39, 0.29) is 36.3 Å². The van der Waals surface area contributed by atoms with Gasteiger partial charge in [-0.1, -0.05) is 79.6 Å². The summed E-state index contributed by atoms with van der Waals surface area (Å²) in [6, 6.07) is 22.8. The molecule has 1 fully saturated rings. The number of non-ortho nitro benzene ring substituents is 1. The Kier molecular flexibility index (Phi) is 9.72. The fraction of sp³-hybridized carbons (Fsp3) is 0.333. The van der Waals surface area contributed by atoms with Crippen LogP contribution < -0.4 is 9.62 Å². The van der Waals surface area contributed by atoms with Crippen molar-refractivity contribution in [1.82, 2.24) is 10.2 Å². The standard InChI is InChI=1S/C30H34N4O6S/c1-41(39,40)33(26-17-10-18-27(20-26)34(37)38)22-29(35)32(21-24-13-6-3-7-14-24)28(19-23-11-4-2-5-12-23)30(36)31-25-15-8-9-16-25/h2-7,10-14,17-18,20,25,28H,8-9,15-16,19,21-22H2,1H3,(H,31,36)/t28-/m1/s1. The van der Waals surface area contributed by atoms with Crippen LogP contribution in [0.4, 0.5) is 11.4 Å². The van der Waals surface area contributed by atoms with Crippen molar-refractivity contribution in [3.05, 3.63) is 106 Å². The number of rotatable bonds is 12. The molecular weight excluding hydrogens is 544 g/mol. The maximum Gasteiger partial charge on any atom is 0.271 e. The quantitative estimate of drug-likeness (QED) is 0.255. The van der Waals surface area contributed by atoms with Gasteiger partial charge in [0.05, 0.1) is 16.9 Å². The zero-order valence-electron chi connectivity index (χ0n) is 22.9. The van der Waals surface area contributed by atoms with Crippen LogP contribution in [0.5, 0.6) is 0 Å². The zero-order chi connectivity index (χ0) is 29.4. The molecule has 216 valence electrons. The van der Waals surface area contributed by atoms with Crippen LogP contribution in [-0.4, -0.2) is 54.9 Å². The molecule has 0 saturated heterocycles. The number of nitro groups is 1. The van der Waals surface area contributed by atoms with Gasteiger partial charge in [0.15, 0.2) is 0 Å². The second-order valence-electron chi connectivity index (χ2n) is 10.2. The number of nitrogens with one attached hydrogen (secondary N) is 1.